The largest absolute Gasteiger partial charge is 0.0985 e. The molecule has 0 atom stereocenters. The molecule has 0 nitrogen and oxygen atoms in total. The first-order valence-electron chi connectivity index (χ1n) is 6.80. The second kappa shape index (κ2) is 5.58. The van der Waals surface area contributed by atoms with Crippen molar-refractivity contribution in [2.45, 2.75) is 25.7 Å². The predicted octanol–water partition coefficient (Wildman–Crippen LogP) is 5.42. The standard InChI is InChI=1S/C18H22Si/c1-5-15-6-10-17(11-7-15)18-12-8-16(9-13-18)14-19(2,3)4/h5-13H,1,14H2,2-4H3. The van der Waals surface area contributed by atoms with Crippen LogP contribution >= 0.6 is 0 Å². The van der Waals surface area contributed by atoms with E-state index in [0.29, 0.717) is 0 Å². The highest BCUT2D eigenvalue weighted by atomic mass is 28.3. The lowest BCUT2D eigenvalue weighted by molar-refractivity contribution is 1.31. The maximum Gasteiger partial charge on any atom is 0.0487 e. The van der Waals surface area contributed by atoms with E-state index in [1.807, 2.05) is 6.08 Å². The number of hydrogen-bond acceptors (Lipinski definition) is 0. The van der Waals surface area contributed by atoms with Gasteiger partial charge in [0.25, 0.3) is 0 Å². The van der Waals surface area contributed by atoms with Gasteiger partial charge in [0.1, 0.15) is 0 Å². The van der Waals surface area contributed by atoms with Gasteiger partial charge in [0.15, 0.2) is 0 Å². The lowest BCUT2D eigenvalue weighted by Gasteiger charge is -2.15. The molecule has 2 aromatic carbocycles. The Morgan fingerprint density at radius 2 is 1.32 bits per heavy atom. The van der Waals surface area contributed by atoms with Crippen molar-refractivity contribution in [3.05, 3.63) is 66.2 Å². The van der Waals surface area contributed by atoms with Crippen molar-refractivity contribution in [3.8, 4) is 11.1 Å². The first-order chi connectivity index (χ1) is 8.98. The van der Waals surface area contributed by atoms with Crippen LogP contribution in [0.25, 0.3) is 17.2 Å². The Labute approximate surface area is 117 Å². The summed E-state index contributed by atoms with van der Waals surface area (Å²) < 4.78 is 0. The Bertz CT molecular complexity index is 542. The van der Waals surface area contributed by atoms with Gasteiger partial charge in [-0.05, 0) is 22.7 Å². The van der Waals surface area contributed by atoms with Crippen LogP contribution < -0.4 is 0 Å². The Morgan fingerprint density at radius 3 is 1.74 bits per heavy atom. The molecule has 0 fully saturated rings. The molecular formula is C18H22Si. The maximum absolute atomic E-state index is 3.78. The van der Waals surface area contributed by atoms with Gasteiger partial charge in [0, 0.05) is 8.07 Å². The van der Waals surface area contributed by atoms with E-state index in [9.17, 15) is 0 Å². The van der Waals surface area contributed by atoms with E-state index in [2.05, 4.69) is 74.8 Å². The molecule has 19 heavy (non-hydrogen) atoms. The van der Waals surface area contributed by atoms with Crippen LogP contribution in [0.5, 0.6) is 0 Å². The molecule has 0 aliphatic carbocycles. The van der Waals surface area contributed by atoms with E-state index in [1.165, 1.54) is 28.3 Å². The smallest absolute Gasteiger partial charge is 0.0487 e. The molecule has 0 unspecified atom stereocenters. The second-order valence-electron chi connectivity index (χ2n) is 6.26. The van der Waals surface area contributed by atoms with Gasteiger partial charge in [-0.2, -0.15) is 0 Å². The third-order valence-corrected chi connectivity index (χ3v) is 4.64. The molecule has 0 spiro atoms. The highest BCUT2D eigenvalue weighted by molar-refractivity contribution is 6.75. The summed E-state index contributed by atoms with van der Waals surface area (Å²) in [4.78, 5) is 0. The monoisotopic (exact) mass is 266 g/mol. The summed E-state index contributed by atoms with van der Waals surface area (Å²) in [5.74, 6) is 0. The van der Waals surface area contributed by atoms with Crippen molar-refractivity contribution >= 4 is 14.1 Å². The number of hydrogen-bond donors (Lipinski definition) is 0. The second-order valence-corrected chi connectivity index (χ2v) is 11.7. The van der Waals surface area contributed by atoms with Crippen molar-refractivity contribution in [1.82, 2.24) is 0 Å². The first kappa shape index (κ1) is 13.8. The van der Waals surface area contributed by atoms with E-state index in [4.69, 9.17) is 0 Å². The first-order valence-corrected chi connectivity index (χ1v) is 10.5. The summed E-state index contributed by atoms with van der Waals surface area (Å²) in [6.45, 7) is 11.0. The predicted molar refractivity (Wildman–Crippen MR) is 89.0 cm³/mol. The molecule has 98 valence electrons. The van der Waals surface area contributed by atoms with Crippen LogP contribution in [0.15, 0.2) is 55.1 Å². The molecule has 0 saturated heterocycles. The fourth-order valence-electron chi connectivity index (χ4n) is 2.24. The molecule has 0 aliphatic rings. The lowest BCUT2D eigenvalue weighted by atomic mass is 10.0. The van der Waals surface area contributed by atoms with E-state index in [-0.39, 0.29) is 0 Å². The minimum absolute atomic E-state index is 1.02. The minimum Gasteiger partial charge on any atom is -0.0985 e. The van der Waals surface area contributed by atoms with E-state index < -0.39 is 8.07 Å². The van der Waals surface area contributed by atoms with Gasteiger partial charge in [0.05, 0.1) is 0 Å². The fourth-order valence-corrected chi connectivity index (χ4v) is 3.70. The van der Waals surface area contributed by atoms with Crippen molar-refractivity contribution in [2.24, 2.45) is 0 Å². The molecule has 2 rings (SSSR count). The van der Waals surface area contributed by atoms with Gasteiger partial charge in [-0.3, -0.25) is 0 Å². The Balaban J connectivity index is 2.19. The van der Waals surface area contributed by atoms with Crippen LogP contribution in [0.1, 0.15) is 11.1 Å². The quantitative estimate of drug-likeness (QED) is 0.648. The van der Waals surface area contributed by atoms with Gasteiger partial charge in [0.2, 0.25) is 0 Å². The van der Waals surface area contributed by atoms with Gasteiger partial charge >= 0.3 is 0 Å². The Kier molecular flexibility index (Phi) is 4.06. The molecular weight excluding hydrogens is 244 g/mol. The van der Waals surface area contributed by atoms with Gasteiger partial charge in [-0.15, -0.1) is 0 Å². The van der Waals surface area contributed by atoms with Crippen molar-refractivity contribution in [2.75, 3.05) is 0 Å². The molecule has 0 bridgehead atoms. The lowest BCUT2D eigenvalue weighted by Crippen LogP contribution is -2.23. The van der Waals surface area contributed by atoms with Gasteiger partial charge in [-0.1, -0.05) is 86.4 Å². The highest BCUT2D eigenvalue weighted by Gasteiger charge is 2.13. The summed E-state index contributed by atoms with van der Waals surface area (Å²) in [5.41, 5.74) is 5.19. The summed E-state index contributed by atoms with van der Waals surface area (Å²) in [6.07, 6.45) is 1.88. The zero-order chi connectivity index (χ0) is 13.9. The van der Waals surface area contributed by atoms with Crippen LogP contribution in [0.3, 0.4) is 0 Å². The fraction of sp³-hybridized carbons (Fsp3) is 0.222. The Hall–Kier alpha value is -1.60. The van der Waals surface area contributed by atoms with Crippen LogP contribution in [-0.4, -0.2) is 8.07 Å². The SMILES string of the molecule is C=Cc1ccc(-c2ccc(C[Si](C)(C)C)cc2)cc1. The van der Waals surface area contributed by atoms with E-state index >= 15 is 0 Å². The molecule has 0 aromatic heterocycles. The average Bonchev–Trinajstić information content (AvgIpc) is 2.38. The molecule has 0 heterocycles. The zero-order valence-electron chi connectivity index (χ0n) is 12.1. The van der Waals surface area contributed by atoms with Crippen molar-refractivity contribution < 1.29 is 0 Å². The molecule has 0 radical (unpaired) electrons. The summed E-state index contributed by atoms with van der Waals surface area (Å²) in [7, 11) is -1.02. The number of rotatable bonds is 4. The van der Waals surface area contributed by atoms with Crippen LogP contribution in [0.4, 0.5) is 0 Å². The maximum atomic E-state index is 3.78. The summed E-state index contributed by atoms with van der Waals surface area (Å²) >= 11 is 0. The van der Waals surface area contributed by atoms with Crippen LogP contribution in [0.2, 0.25) is 19.6 Å². The van der Waals surface area contributed by atoms with E-state index in [0.717, 1.165) is 0 Å². The molecule has 2 aromatic rings. The van der Waals surface area contributed by atoms with Crippen LogP contribution in [0, 0.1) is 0 Å². The molecule has 0 aliphatic heterocycles. The summed E-state index contributed by atoms with van der Waals surface area (Å²) in [6, 6.07) is 18.8. The third kappa shape index (κ3) is 3.93. The highest BCUT2D eigenvalue weighted by Crippen LogP contribution is 2.22. The Morgan fingerprint density at radius 1 is 0.842 bits per heavy atom. The third-order valence-electron chi connectivity index (χ3n) is 3.17. The minimum atomic E-state index is -1.02. The molecule has 0 N–H and O–H groups in total. The molecule has 0 amide bonds. The average molecular weight is 266 g/mol. The van der Waals surface area contributed by atoms with E-state index in [1.54, 1.807) is 0 Å². The van der Waals surface area contributed by atoms with Crippen LogP contribution in [-0.2, 0) is 6.04 Å². The van der Waals surface area contributed by atoms with Crippen molar-refractivity contribution in [1.29, 1.82) is 0 Å². The molecule has 0 saturated carbocycles. The van der Waals surface area contributed by atoms with Gasteiger partial charge < -0.3 is 0 Å². The normalized spacial score (nSPS) is 11.3. The topological polar surface area (TPSA) is 0 Å². The summed E-state index contributed by atoms with van der Waals surface area (Å²) in [5, 5.41) is 0. The van der Waals surface area contributed by atoms with Crippen molar-refractivity contribution in [3.63, 3.8) is 0 Å². The van der Waals surface area contributed by atoms with Gasteiger partial charge in [-0.25, -0.2) is 0 Å². The number of benzene rings is 2. The zero-order valence-corrected chi connectivity index (χ0v) is 13.1. The molecule has 1 heteroatoms.